The number of amides is 1. The summed E-state index contributed by atoms with van der Waals surface area (Å²) < 4.78 is 133. The second-order valence-electron chi connectivity index (χ2n) is 22.6. The quantitative estimate of drug-likeness (QED) is 0.0248. The van der Waals surface area contributed by atoms with E-state index in [9.17, 15) is 67.5 Å². The van der Waals surface area contributed by atoms with Gasteiger partial charge < -0.3 is 68.7 Å². The maximum atomic E-state index is 13.0. The van der Waals surface area contributed by atoms with Crippen molar-refractivity contribution in [2.75, 3.05) is 17.2 Å². The standard InChI is InChI=1S/C18H15ClN6O.C11H5F4N3.C11H8F3N5.C11H9N5O2.C8H4FNO.C7H8ClN.C3HBr2F3O.C2H4O2.4CH4.2Na.H2O/c19-12-3-1-2-10(6-12)8-22-18(26)15-9-21-17(23-15)11-4-5-14-13(7-11)16(20)25-24-14;12-8-2-1-6(3-7(8)4-16)10-17-5-9(18-10)11(13,14)15;12-11(13,14)8-4-16-10(17-8)5-1-2-7-6(3-5)9(15)19-18-7;12-9-6-3-5(1-2-7(6)15-16-9)10-13-4-8(14-10)11(17)18;9-8-2-1-6(5-11)3-7(8)4-10;8-7-3-1-2-6(4-7)5-9;4-2(5)1(9)3(6,7)8;1-2(3)4;;;;;;;/h1-7,9H,8H2,(H,21,23)(H,22,26)(H3,20,24,25);1-3,5H,(H,17,18);1-4H,(H,16,17)(H3,15,18,19);1-4H,(H,13,14)(H,17,18)(H3,12,15,16);1-3,5H;1-4H,5,9H2;2H;1H3,(H,3,4);4*1H4;;;1H2/q;;;;;;;;;;;;2*+1;/p-2. The number of imidazole rings is 4. The van der Waals surface area contributed by atoms with Gasteiger partial charge in [-0.2, -0.15) is 65.3 Å². The van der Waals surface area contributed by atoms with E-state index in [1.165, 1.54) is 30.6 Å². The van der Waals surface area contributed by atoms with E-state index < -0.39 is 63.0 Å². The van der Waals surface area contributed by atoms with Crippen molar-refractivity contribution in [1.82, 2.24) is 75.8 Å². The maximum Gasteiger partial charge on any atom is 1.00 e. The molecule has 7 aromatic carbocycles. The van der Waals surface area contributed by atoms with Gasteiger partial charge in [0.2, 0.25) is 0 Å². The molecule has 0 atom stereocenters. The first-order valence-corrected chi connectivity index (χ1v) is 34.1. The Morgan fingerprint density at radius 1 is 0.554 bits per heavy atom. The molecule has 29 nitrogen and oxygen atoms in total. The minimum Gasteiger partial charge on any atom is -0.870 e. The van der Waals surface area contributed by atoms with Crippen molar-refractivity contribution in [3.05, 3.63) is 237 Å². The van der Waals surface area contributed by atoms with E-state index in [-0.39, 0.29) is 134 Å². The summed E-state index contributed by atoms with van der Waals surface area (Å²) in [5.41, 5.74) is 27.7. The van der Waals surface area contributed by atoms with Crippen molar-refractivity contribution in [2.45, 2.75) is 72.0 Å². The van der Waals surface area contributed by atoms with E-state index >= 15 is 0 Å². The number of nitrogen functional groups attached to an aromatic ring is 3. The number of anilines is 3. The van der Waals surface area contributed by atoms with Gasteiger partial charge in [-0.3, -0.25) is 29.7 Å². The number of nitrogens with two attached hydrogens (primary N) is 4. The van der Waals surface area contributed by atoms with Crippen molar-refractivity contribution in [1.29, 1.82) is 10.5 Å². The van der Waals surface area contributed by atoms with E-state index in [0.717, 1.165) is 80.4 Å². The molecule has 0 aliphatic carbocycles. The van der Waals surface area contributed by atoms with Gasteiger partial charge in [0.05, 0.1) is 52.5 Å². The van der Waals surface area contributed by atoms with Crippen LogP contribution in [-0.2, 0) is 35.0 Å². The number of benzene rings is 7. The van der Waals surface area contributed by atoms with Crippen molar-refractivity contribution in [3.8, 4) is 57.7 Å². The molecule has 7 aromatic heterocycles. The summed E-state index contributed by atoms with van der Waals surface area (Å²) >= 11 is 16.5. The third-order valence-electron chi connectivity index (χ3n) is 14.5. The summed E-state index contributed by atoms with van der Waals surface area (Å²) in [6.07, 6.45) is -8.96. The number of aromatic nitrogens is 14. The fraction of sp³-hybridized carbons (Fsp3) is 0.147. The molecule has 0 aliphatic rings. The van der Waals surface area contributed by atoms with Crippen LogP contribution in [0.5, 0.6) is 0 Å². The number of aromatic amines is 7. The number of ketones is 1. The van der Waals surface area contributed by atoms with Gasteiger partial charge in [0, 0.05) is 73.1 Å². The van der Waals surface area contributed by atoms with Crippen LogP contribution in [0, 0.1) is 34.3 Å². The number of hydrogen-bond donors (Lipinski definition) is 13. The van der Waals surface area contributed by atoms with Crippen molar-refractivity contribution in [2.24, 2.45) is 5.73 Å². The summed E-state index contributed by atoms with van der Waals surface area (Å²) in [5, 5.41) is 61.1. The molecule has 0 unspecified atom stereocenters. The molecule has 0 radical (unpaired) electrons. The monoisotopic (exact) mass is 1880 g/mol. The molecule has 14 rings (SSSR count). The molecule has 18 N–H and O–H groups in total. The average molecular weight is 1880 g/mol. The third-order valence-corrected chi connectivity index (χ3v) is 15.8. The number of halogens is 15. The smallest absolute Gasteiger partial charge is 0.870 e. The Morgan fingerprint density at radius 2 is 0.909 bits per heavy atom. The van der Waals surface area contributed by atoms with E-state index in [4.69, 9.17) is 71.7 Å². The first-order chi connectivity index (χ1) is 53.8. The molecule has 7 heterocycles. The summed E-state index contributed by atoms with van der Waals surface area (Å²) in [6.45, 7) is 1.91. The number of carboxylic acids is 2. The first kappa shape index (κ1) is 110. The summed E-state index contributed by atoms with van der Waals surface area (Å²) in [4.78, 5) is 77.7. The Bertz CT molecular complexity index is 5820. The van der Waals surface area contributed by atoms with Crippen LogP contribution in [-0.4, -0.2) is 121 Å². The molecule has 0 aliphatic heterocycles. The number of carbonyl (C=O) groups is 5. The number of aldehydes is 1. The van der Waals surface area contributed by atoms with Gasteiger partial charge in [-0.05, 0) is 133 Å². The van der Waals surface area contributed by atoms with E-state index in [1.807, 2.05) is 72.8 Å². The molecule has 0 saturated heterocycles. The number of Topliss-reactive ketones (excluding diaryl/α,β-unsaturated/α-hetero) is 1. The largest absolute Gasteiger partial charge is 1.00 e. The topological polar surface area (TPSA) is 523 Å². The van der Waals surface area contributed by atoms with Gasteiger partial charge in [-0.1, -0.05) is 109 Å². The van der Waals surface area contributed by atoms with E-state index in [2.05, 4.69) is 108 Å². The Kier molecular flexibility index (Phi) is 45.3. The number of nitrogens with zero attached hydrogens (tertiary/aromatic N) is 9. The van der Waals surface area contributed by atoms with Crippen LogP contribution in [0.2, 0.25) is 10.0 Å². The Hall–Kier alpha value is -11.4. The maximum absolute atomic E-state index is 13.0. The summed E-state index contributed by atoms with van der Waals surface area (Å²) in [6, 6.07) is 41.1. The predicted molar refractivity (Wildman–Crippen MR) is 431 cm³/mol. The Labute approximate surface area is 751 Å². The molecule has 0 spiro atoms. The van der Waals surface area contributed by atoms with E-state index in [0.29, 0.717) is 87.4 Å². The number of aliphatic carboxylic acids is 1. The van der Waals surface area contributed by atoms with Crippen LogP contribution < -0.4 is 92.5 Å². The van der Waals surface area contributed by atoms with Crippen molar-refractivity contribution >= 4 is 135 Å². The van der Waals surface area contributed by atoms with Crippen LogP contribution in [0.3, 0.4) is 0 Å². The molecule has 1 amide bonds. The second kappa shape index (κ2) is 50.0. The molecule has 0 saturated carbocycles. The van der Waals surface area contributed by atoms with Crippen LogP contribution >= 0.6 is 55.1 Å². The SMILES string of the molecule is C.C.C.C.CC(=O)[O-].N#Cc1cc(-c2ncc(C(F)(F)F)[nH]2)ccc1F.N#Cc1cc(C=O)ccc1F.NCc1cccc(Cl)c1.Nc1n[nH]c2ccc(-c3ncc(C(=O)NCc4cccc(Cl)c4)[nH]3)cc12.Nc1n[nH]c2ccc(-c3ncc(C(=O)O)[nH]3)cc12.Nc1n[nH]c2ccc(-c3ncc(C(F)(F)F)[nH]3)cc12.O=C(C(Br)Br)C(F)(F)F.[Na+].[Na+].[OH-]. The van der Waals surface area contributed by atoms with Gasteiger partial charge in [0.1, 0.15) is 79.9 Å². The fourth-order valence-corrected chi connectivity index (χ4v) is 10.0. The molecular formula is C75H70Br2Cl2F11N21Na2O8. The number of alkyl halides is 11. The molecule has 0 fully saturated rings. The molecule has 630 valence electrons. The van der Waals surface area contributed by atoms with Gasteiger partial charge in [-0.15, -0.1) is 0 Å². The zero-order valence-electron chi connectivity index (χ0n) is 60.0. The minimum absolute atomic E-state index is 0. The normalized spacial score (nSPS) is 10.2. The van der Waals surface area contributed by atoms with E-state index in [1.54, 1.807) is 42.5 Å². The molecule has 46 heteroatoms. The Morgan fingerprint density at radius 3 is 1.25 bits per heavy atom. The molecule has 0 bridgehead atoms. The van der Waals surface area contributed by atoms with Gasteiger partial charge in [0.15, 0.2) is 17.5 Å². The van der Waals surface area contributed by atoms with Crippen LogP contribution in [0.4, 0.5) is 65.7 Å². The fourth-order valence-electron chi connectivity index (χ4n) is 9.10. The van der Waals surface area contributed by atoms with Gasteiger partial charge >= 0.3 is 83.6 Å². The number of carbonyl (C=O) groups excluding carboxylic acids is 4. The third kappa shape index (κ3) is 32.3. The van der Waals surface area contributed by atoms with Crippen LogP contribution in [0.1, 0.15) is 102 Å². The zero-order chi connectivity index (χ0) is 83.9. The number of H-pyrrole nitrogens is 7. The number of rotatable bonds is 11. The van der Waals surface area contributed by atoms with Crippen LogP contribution in [0.15, 0.2) is 164 Å². The predicted octanol–water partition coefficient (Wildman–Crippen LogP) is 10.7. The summed E-state index contributed by atoms with van der Waals surface area (Å²) in [7, 11) is 0. The zero-order valence-corrected chi connectivity index (χ0v) is 68.7. The number of aromatic carboxylic acids is 1. The molecular weight excluding hydrogens is 1810 g/mol. The first-order valence-electron chi connectivity index (χ1n) is 31.5. The number of fused-ring (bicyclic) bond motifs is 3. The van der Waals surface area contributed by atoms with Crippen LogP contribution in [0.25, 0.3) is 78.3 Å². The number of carboxylic acid groups (broad SMARTS) is 2. The minimum atomic E-state index is -4.75. The molecule has 121 heavy (non-hydrogen) atoms. The van der Waals surface area contributed by atoms with Crippen molar-refractivity contribution < 1.29 is 147 Å². The second-order valence-corrected chi connectivity index (χ2v) is 26.5. The number of hydrogen-bond acceptors (Lipinski definition) is 20. The average Bonchev–Trinajstić information content (AvgIpc) is 1.73. The van der Waals surface area contributed by atoms with Gasteiger partial charge in [-0.25, -0.2) is 33.5 Å². The molecule has 14 aromatic rings. The Balaban J connectivity index is 0.00000140. The van der Waals surface area contributed by atoms with Crippen molar-refractivity contribution in [3.63, 3.8) is 0 Å². The van der Waals surface area contributed by atoms with Gasteiger partial charge in [0.25, 0.3) is 11.7 Å². The summed E-state index contributed by atoms with van der Waals surface area (Å²) in [5.74, 6) is -3.29. The number of nitriles is 2. The number of nitrogens with one attached hydrogen (secondary N) is 8.